The zero-order chi connectivity index (χ0) is 9.19. The summed E-state index contributed by atoms with van der Waals surface area (Å²) in [5, 5.41) is 11.4. The standard InChI is InChI=1S/C5H5F2N3O2/c6-5(7,4(11)12)1-10-3-8-2-9-10/h2-3H,1H2,(H,11,12). The summed E-state index contributed by atoms with van der Waals surface area (Å²) in [6.07, 6.45) is 2.08. The number of nitrogens with zero attached hydrogens (tertiary/aromatic N) is 3. The molecule has 0 spiro atoms. The Bertz CT molecular complexity index is 272. The molecule has 0 radical (unpaired) electrons. The molecule has 0 saturated carbocycles. The Morgan fingerprint density at radius 1 is 1.67 bits per heavy atom. The van der Waals surface area contributed by atoms with Gasteiger partial charge >= 0.3 is 11.9 Å². The largest absolute Gasteiger partial charge is 0.477 e. The predicted molar refractivity (Wildman–Crippen MR) is 32.6 cm³/mol. The van der Waals surface area contributed by atoms with E-state index in [-0.39, 0.29) is 0 Å². The van der Waals surface area contributed by atoms with Crippen LogP contribution in [0.4, 0.5) is 8.78 Å². The topological polar surface area (TPSA) is 68.0 Å². The van der Waals surface area contributed by atoms with Crippen LogP contribution in [0, 0.1) is 0 Å². The highest BCUT2D eigenvalue weighted by Crippen LogP contribution is 2.15. The monoisotopic (exact) mass is 177 g/mol. The molecule has 0 amide bonds. The van der Waals surface area contributed by atoms with Gasteiger partial charge in [-0.1, -0.05) is 0 Å². The van der Waals surface area contributed by atoms with Gasteiger partial charge in [-0.25, -0.2) is 14.5 Å². The van der Waals surface area contributed by atoms with Crippen LogP contribution in [0.15, 0.2) is 12.7 Å². The third-order valence-corrected chi connectivity index (χ3v) is 1.14. The lowest BCUT2D eigenvalue weighted by molar-refractivity contribution is -0.167. The highest BCUT2D eigenvalue weighted by molar-refractivity contribution is 5.75. The van der Waals surface area contributed by atoms with E-state index < -0.39 is 18.4 Å². The van der Waals surface area contributed by atoms with E-state index in [0.717, 1.165) is 17.3 Å². The molecule has 0 aliphatic heterocycles. The minimum absolute atomic E-state index is 0.758. The van der Waals surface area contributed by atoms with Crippen molar-refractivity contribution in [1.82, 2.24) is 14.8 Å². The molecule has 1 heterocycles. The van der Waals surface area contributed by atoms with E-state index in [1.165, 1.54) is 0 Å². The van der Waals surface area contributed by atoms with E-state index in [4.69, 9.17) is 5.11 Å². The fourth-order valence-corrected chi connectivity index (χ4v) is 0.585. The van der Waals surface area contributed by atoms with Gasteiger partial charge in [0.25, 0.3) is 0 Å². The van der Waals surface area contributed by atoms with Crippen LogP contribution in [0.25, 0.3) is 0 Å². The second-order valence-corrected chi connectivity index (χ2v) is 2.10. The molecule has 0 saturated heterocycles. The minimum Gasteiger partial charge on any atom is -0.477 e. The molecule has 0 fully saturated rings. The molecule has 0 aliphatic rings. The third-order valence-electron chi connectivity index (χ3n) is 1.14. The van der Waals surface area contributed by atoms with Crippen molar-refractivity contribution in [2.45, 2.75) is 12.5 Å². The molecule has 5 nitrogen and oxygen atoms in total. The lowest BCUT2D eigenvalue weighted by Crippen LogP contribution is -2.33. The van der Waals surface area contributed by atoms with Crippen molar-refractivity contribution in [1.29, 1.82) is 0 Å². The Balaban J connectivity index is 2.69. The first-order valence-corrected chi connectivity index (χ1v) is 2.96. The third kappa shape index (κ3) is 1.74. The zero-order valence-corrected chi connectivity index (χ0v) is 5.81. The summed E-state index contributed by atoms with van der Waals surface area (Å²) in [4.78, 5) is 13.3. The fourth-order valence-electron chi connectivity index (χ4n) is 0.585. The average Bonchev–Trinajstić information content (AvgIpc) is 2.38. The van der Waals surface area contributed by atoms with Crippen LogP contribution in [0.1, 0.15) is 0 Å². The summed E-state index contributed by atoms with van der Waals surface area (Å²) < 4.78 is 25.6. The maximum Gasteiger partial charge on any atom is 0.376 e. The van der Waals surface area contributed by atoms with E-state index in [1.54, 1.807) is 0 Å². The lowest BCUT2D eigenvalue weighted by Gasteiger charge is -2.09. The SMILES string of the molecule is O=C(O)C(F)(F)Cn1cncn1. The van der Waals surface area contributed by atoms with Crippen molar-refractivity contribution in [2.75, 3.05) is 0 Å². The minimum atomic E-state index is -3.80. The van der Waals surface area contributed by atoms with E-state index in [0.29, 0.717) is 0 Å². The maximum absolute atomic E-state index is 12.4. The summed E-state index contributed by atoms with van der Waals surface area (Å²) >= 11 is 0. The first kappa shape index (κ1) is 8.57. The summed E-state index contributed by atoms with van der Waals surface area (Å²) in [5.41, 5.74) is 0. The van der Waals surface area contributed by atoms with Crippen molar-refractivity contribution in [2.24, 2.45) is 0 Å². The van der Waals surface area contributed by atoms with Gasteiger partial charge in [0.15, 0.2) is 0 Å². The number of hydrogen-bond acceptors (Lipinski definition) is 3. The molecule has 66 valence electrons. The predicted octanol–water partition coefficient (Wildman–Crippen LogP) is -0.00200. The normalized spacial score (nSPS) is 11.5. The zero-order valence-electron chi connectivity index (χ0n) is 5.81. The van der Waals surface area contributed by atoms with Gasteiger partial charge in [-0.3, -0.25) is 0 Å². The molecule has 0 aliphatic carbocycles. The molecule has 0 aromatic carbocycles. The number of aromatic nitrogens is 3. The maximum atomic E-state index is 12.4. The molecule has 1 aromatic heterocycles. The molecule has 0 bridgehead atoms. The van der Waals surface area contributed by atoms with Crippen molar-refractivity contribution >= 4 is 5.97 Å². The van der Waals surface area contributed by atoms with E-state index in [2.05, 4.69) is 10.1 Å². The Labute approximate surface area is 65.6 Å². The van der Waals surface area contributed by atoms with Gasteiger partial charge in [0, 0.05) is 0 Å². The lowest BCUT2D eigenvalue weighted by atomic mass is 10.3. The smallest absolute Gasteiger partial charge is 0.376 e. The first-order valence-electron chi connectivity index (χ1n) is 2.96. The Kier molecular flexibility index (Phi) is 2.03. The number of aliphatic carboxylic acids is 1. The number of rotatable bonds is 3. The van der Waals surface area contributed by atoms with Crippen LogP contribution >= 0.6 is 0 Å². The van der Waals surface area contributed by atoms with Gasteiger partial charge in [-0.2, -0.15) is 13.9 Å². The summed E-state index contributed by atoms with van der Waals surface area (Å²) in [7, 11) is 0. The van der Waals surface area contributed by atoms with Crippen LogP contribution in [-0.2, 0) is 11.3 Å². The van der Waals surface area contributed by atoms with Gasteiger partial charge in [0.1, 0.15) is 19.2 Å². The van der Waals surface area contributed by atoms with Crippen molar-refractivity contribution in [3.05, 3.63) is 12.7 Å². The second-order valence-electron chi connectivity index (χ2n) is 2.10. The number of hydrogen-bond donors (Lipinski definition) is 1. The number of carbonyl (C=O) groups is 1. The molecule has 7 heteroatoms. The molecule has 1 rings (SSSR count). The van der Waals surface area contributed by atoms with Crippen LogP contribution in [-0.4, -0.2) is 31.8 Å². The molecule has 0 unspecified atom stereocenters. The molecule has 12 heavy (non-hydrogen) atoms. The van der Waals surface area contributed by atoms with Gasteiger partial charge in [0.05, 0.1) is 0 Å². The van der Waals surface area contributed by atoms with E-state index >= 15 is 0 Å². The number of carboxylic acid groups (broad SMARTS) is 1. The summed E-state index contributed by atoms with van der Waals surface area (Å²) in [5.74, 6) is -5.97. The molecule has 1 aromatic rings. The van der Waals surface area contributed by atoms with Crippen molar-refractivity contribution < 1.29 is 18.7 Å². The quantitative estimate of drug-likeness (QED) is 0.705. The van der Waals surface area contributed by atoms with Crippen LogP contribution in [0.5, 0.6) is 0 Å². The Morgan fingerprint density at radius 3 is 2.75 bits per heavy atom. The van der Waals surface area contributed by atoms with Crippen LogP contribution in [0.3, 0.4) is 0 Å². The van der Waals surface area contributed by atoms with E-state index in [1.807, 2.05) is 0 Å². The van der Waals surface area contributed by atoms with Crippen LogP contribution in [0.2, 0.25) is 0 Å². The highest BCUT2D eigenvalue weighted by atomic mass is 19.3. The van der Waals surface area contributed by atoms with Crippen molar-refractivity contribution in [3.8, 4) is 0 Å². The first-order chi connectivity index (χ1) is 5.52. The number of carboxylic acids is 1. The Morgan fingerprint density at radius 2 is 2.33 bits per heavy atom. The number of alkyl halides is 2. The molecular formula is C5H5F2N3O2. The van der Waals surface area contributed by atoms with Crippen molar-refractivity contribution in [3.63, 3.8) is 0 Å². The second kappa shape index (κ2) is 2.84. The highest BCUT2D eigenvalue weighted by Gasteiger charge is 2.39. The van der Waals surface area contributed by atoms with Crippen LogP contribution < -0.4 is 0 Å². The Hall–Kier alpha value is -1.53. The molecular weight excluding hydrogens is 172 g/mol. The molecule has 0 atom stereocenters. The van der Waals surface area contributed by atoms with E-state index in [9.17, 15) is 13.6 Å². The van der Waals surface area contributed by atoms with Gasteiger partial charge < -0.3 is 5.11 Å². The van der Waals surface area contributed by atoms with Gasteiger partial charge in [-0.05, 0) is 0 Å². The summed E-state index contributed by atoms with van der Waals surface area (Å²) in [6.45, 7) is -0.998. The number of halogens is 2. The summed E-state index contributed by atoms with van der Waals surface area (Å²) in [6, 6.07) is 0. The fraction of sp³-hybridized carbons (Fsp3) is 0.400. The molecule has 1 N–H and O–H groups in total. The average molecular weight is 177 g/mol. The van der Waals surface area contributed by atoms with Gasteiger partial charge in [0.2, 0.25) is 0 Å². The van der Waals surface area contributed by atoms with Gasteiger partial charge in [-0.15, -0.1) is 0 Å².